The van der Waals surface area contributed by atoms with E-state index in [0.29, 0.717) is 31.4 Å². The molecule has 0 unspecified atom stereocenters. The average Bonchev–Trinajstić information content (AvgIpc) is 3.65. The molecule has 1 amide bonds. The maximum atomic E-state index is 14.5. The van der Waals surface area contributed by atoms with Gasteiger partial charge in [-0.15, -0.1) is 0 Å². The molecule has 51 heavy (non-hydrogen) atoms. The maximum absolute atomic E-state index is 14.5. The van der Waals surface area contributed by atoms with Gasteiger partial charge in [0.15, 0.2) is 5.65 Å². The minimum atomic E-state index is -0.647. The lowest BCUT2D eigenvalue weighted by atomic mass is 9.91. The molecule has 2 aromatic heterocycles. The van der Waals surface area contributed by atoms with Gasteiger partial charge in [-0.3, -0.25) is 19.2 Å². The second kappa shape index (κ2) is 14.7. The van der Waals surface area contributed by atoms with Crippen molar-refractivity contribution in [3.05, 3.63) is 93.0 Å². The Bertz CT molecular complexity index is 1980. The number of benzene rings is 2. The molecule has 7 rings (SSSR count). The monoisotopic (exact) mass is 696 g/mol. The fourth-order valence-corrected chi connectivity index (χ4v) is 8.13. The van der Waals surface area contributed by atoms with Gasteiger partial charge >= 0.3 is 11.8 Å². The molecule has 3 heterocycles. The minimum absolute atomic E-state index is 0.0439. The van der Waals surface area contributed by atoms with E-state index in [1.165, 1.54) is 40.4 Å². The Hall–Kier alpha value is -4.35. The predicted octanol–water partition coefficient (Wildman–Crippen LogP) is 6.42. The van der Waals surface area contributed by atoms with Crippen LogP contribution in [0.2, 0.25) is 0 Å². The number of ether oxygens (including phenoxy) is 1. The van der Waals surface area contributed by atoms with Gasteiger partial charge in [0.05, 0.1) is 17.3 Å². The fourth-order valence-electron chi connectivity index (χ4n) is 8.13. The maximum Gasteiger partial charge on any atom is 0.407 e. The number of pyridine rings is 1. The Morgan fingerprint density at radius 3 is 2.27 bits per heavy atom. The predicted molar refractivity (Wildman–Crippen MR) is 197 cm³/mol. The number of fused-ring (bicyclic) bond motifs is 1. The molecule has 0 radical (unpaired) electrons. The second-order valence-electron chi connectivity index (χ2n) is 15.5. The molecule has 11 heteroatoms. The number of aromatic nitrogens is 3. The van der Waals surface area contributed by atoms with Crippen molar-refractivity contribution in [2.24, 2.45) is 0 Å². The molecule has 2 aromatic carbocycles. The molecule has 1 saturated heterocycles. The highest BCUT2D eigenvalue weighted by atomic mass is 19.1. The lowest BCUT2D eigenvalue weighted by Crippen LogP contribution is -2.49. The number of hydrogen-bond donors (Lipinski definition) is 1. The van der Waals surface area contributed by atoms with Crippen LogP contribution in [-0.4, -0.2) is 73.9 Å². The summed E-state index contributed by atoms with van der Waals surface area (Å²) in [5.41, 5.74) is 2.15. The molecule has 1 aliphatic heterocycles. The van der Waals surface area contributed by atoms with Crippen molar-refractivity contribution in [1.29, 1.82) is 0 Å². The van der Waals surface area contributed by atoms with Gasteiger partial charge in [0, 0.05) is 50.8 Å². The Balaban J connectivity index is 1.11. The molecule has 0 bridgehead atoms. The van der Waals surface area contributed by atoms with E-state index in [1.807, 2.05) is 45.0 Å². The molecular weight excluding hydrogens is 647 g/mol. The number of halogens is 1. The minimum Gasteiger partial charge on any atom is -0.444 e. The van der Waals surface area contributed by atoms with E-state index in [0.717, 1.165) is 62.2 Å². The summed E-state index contributed by atoms with van der Waals surface area (Å²) in [5, 5.41) is 2.96. The largest absolute Gasteiger partial charge is 0.444 e. The summed E-state index contributed by atoms with van der Waals surface area (Å²) in [4.78, 5) is 49.9. The number of rotatable bonds is 7. The van der Waals surface area contributed by atoms with E-state index in [9.17, 15) is 18.8 Å². The molecule has 10 nitrogen and oxygen atoms in total. The Kier molecular flexibility index (Phi) is 10.1. The quantitative estimate of drug-likeness (QED) is 0.238. The molecule has 3 fully saturated rings. The smallest absolute Gasteiger partial charge is 0.407 e. The highest BCUT2D eigenvalue weighted by Gasteiger charge is 2.30. The van der Waals surface area contributed by atoms with Crippen molar-refractivity contribution in [2.45, 2.75) is 102 Å². The lowest BCUT2D eigenvalue weighted by molar-refractivity contribution is 0.0487. The van der Waals surface area contributed by atoms with Gasteiger partial charge in [0.2, 0.25) is 0 Å². The van der Waals surface area contributed by atoms with E-state index in [2.05, 4.69) is 44.4 Å². The molecule has 1 N–H and O–H groups in total. The number of nitrogens with one attached hydrogen (secondary N) is 1. The second-order valence-corrected chi connectivity index (χ2v) is 15.5. The molecule has 4 aromatic rings. The molecular formula is C40H49FN6O4. The SMILES string of the molecule is CC(C)(C)OC(=O)NC1CCC(n2c(=O)c3cc(F)cnc3n(-c3cccc(-c4ccc(CN5CCN(C6CCCC6)CC5)cc4)c3)c2=O)CC1. The van der Waals surface area contributed by atoms with Crippen LogP contribution in [0.15, 0.2) is 70.4 Å². The van der Waals surface area contributed by atoms with E-state index < -0.39 is 34.8 Å². The number of amides is 1. The topological polar surface area (TPSA) is 102 Å². The third-order valence-corrected chi connectivity index (χ3v) is 10.7. The van der Waals surface area contributed by atoms with E-state index in [-0.39, 0.29) is 17.1 Å². The number of carbonyl (C=O) groups excluding carboxylic acids is 1. The molecule has 270 valence electrons. The van der Waals surface area contributed by atoms with Gasteiger partial charge in [-0.2, -0.15) is 0 Å². The number of piperazine rings is 1. The Labute approximate surface area is 298 Å². The summed E-state index contributed by atoms with van der Waals surface area (Å²) in [7, 11) is 0. The Morgan fingerprint density at radius 2 is 1.59 bits per heavy atom. The van der Waals surface area contributed by atoms with Crippen LogP contribution in [0.3, 0.4) is 0 Å². The van der Waals surface area contributed by atoms with Gasteiger partial charge in [-0.05, 0) is 94.2 Å². The summed E-state index contributed by atoms with van der Waals surface area (Å²) in [6, 6.07) is 17.6. The highest BCUT2D eigenvalue weighted by molar-refractivity contribution is 5.76. The Morgan fingerprint density at radius 1 is 0.882 bits per heavy atom. The van der Waals surface area contributed by atoms with E-state index >= 15 is 0 Å². The summed E-state index contributed by atoms with van der Waals surface area (Å²) in [6.07, 6.45) is 8.11. The summed E-state index contributed by atoms with van der Waals surface area (Å²) >= 11 is 0. The molecule has 3 aliphatic rings. The van der Waals surface area contributed by atoms with Gasteiger partial charge in [-0.25, -0.2) is 23.5 Å². The zero-order valence-corrected chi connectivity index (χ0v) is 29.9. The average molecular weight is 697 g/mol. The number of hydrogen-bond acceptors (Lipinski definition) is 7. The van der Waals surface area contributed by atoms with Gasteiger partial charge in [0.25, 0.3) is 5.56 Å². The van der Waals surface area contributed by atoms with Crippen LogP contribution in [0, 0.1) is 5.82 Å². The first-order valence-corrected chi connectivity index (χ1v) is 18.5. The zero-order chi connectivity index (χ0) is 35.7. The van der Waals surface area contributed by atoms with Crippen LogP contribution >= 0.6 is 0 Å². The zero-order valence-electron chi connectivity index (χ0n) is 29.9. The van der Waals surface area contributed by atoms with Crippen LogP contribution in [0.5, 0.6) is 0 Å². The first kappa shape index (κ1) is 35.1. The first-order chi connectivity index (χ1) is 24.5. The molecule has 0 atom stereocenters. The van der Waals surface area contributed by atoms with Gasteiger partial charge < -0.3 is 10.1 Å². The summed E-state index contributed by atoms with van der Waals surface area (Å²) in [6.45, 7) is 10.8. The van der Waals surface area contributed by atoms with Crippen LogP contribution in [-0.2, 0) is 11.3 Å². The van der Waals surface area contributed by atoms with Crippen molar-refractivity contribution in [2.75, 3.05) is 26.2 Å². The first-order valence-electron chi connectivity index (χ1n) is 18.5. The number of nitrogens with zero attached hydrogens (tertiary/aromatic N) is 5. The number of alkyl carbamates (subject to hydrolysis) is 1. The van der Waals surface area contributed by atoms with Crippen molar-refractivity contribution >= 4 is 17.1 Å². The lowest BCUT2D eigenvalue weighted by Gasteiger charge is -2.38. The van der Waals surface area contributed by atoms with E-state index in [4.69, 9.17) is 4.74 Å². The number of carbonyl (C=O) groups is 1. The fraction of sp³-hybridized carbons (Fsp3) is 0.500. The van der Waals surface area contributed by atoms with Crippen molar-refractivity contribution in [3.8, 4) is 16.8 Å². The van der Waals surface area contributed by atoms with Crippen molar-refractivity contribution in [3.63, 3.8) is 0 Å². The van der Waals surface area contributed by atoms with Gasteiger partial charge in [-0.1, -0.05) is 49.2 Å². The van der Waals surface area contributed by atoms with E-state index in [1.54, 1.807) is 0 Å². The normalized spacial score (nSPS) is 20.9. The highest BCUT2D eigenvalue weighted by Crippen LogP contribution is 2.29. The molecule has 0 spiro atoms. The standard InChI is InChI=1S/C40H49FN6O4/c1-40(2,3)51-38(49)43-31-15-17-33(18-16-31)47-37(48)35-24-30(41)25-42-36(35)46(39(47)50)34-10-6-7-29(23-34)28-13-11-27(12-14-28)26-44-19-21-45(22-20-44)32-8-4-5-9-32/h6-7,10-14,23-25,31-33H,4-5,8-9,15-22,26H2,1-3H3,(H,43,49). The van der Waals surface area contributed by atoms with Crippen LogP contribution in [0.4, 0.5) is 9.18 Å². The van der Waals surface area contributed by atoms with Crippen LogP contribution < -0.4 is 16.6 Å². The molecule has 2 aliphatic carbocycles. The van der Waals surface area contributed by atoms with Crippen molar-refractivity contribution < 1.29 is 13.9 Å². The molecule has 2 saturated carbocycles. The third kappa shape index (κ3) is 7.94. The summed E-state index contributed by atoms with van der Waals surface area (Å²) in [5.74, 6) is -0.647. The summed E-state index contributed by atoms with van der Waals surface area (Å²) < 4.78 is 22.6. The van der Waals surface area contributed by atoms with Crippen LogP contribution in [0.1, 0.15) is 83.7 Å². The van der Waals surface area contributed by atoms with Crippen molar-refractivity contribution in [1.82, 2.24) is 29.2 Å². The van der Waals surface area contributed by atoms with Crippen LogP contribution in [0.25, 0.3) is 27.8 Å². The third-order valence-electron chi connectivity index (χ3n) is 10.7. The van der Waals surface area contributed by atoms with Gasteiger partial charge in [0.1, 0.15) is 11.4 Å².